The third-order valence-corrected chi connectivity index (χ3v) is 4.56. The molecule has 1 atom stereocenters. The van der Waals surface area contributed by atoms with Crippen LogP contribution >= 0.6 is 11.3 Å². The largest absolute Gasteiger partial charge is 0.465 e. The molecule has 22 heavy (non-hydrogen) atoms. The number of esters is 1. The van der Waals surface area contributed by atoms with Crippen LogP contribution in [0.2, 0.25) is 0 Å². The molecule has 1 unspecified atom stereocenters. The summed E-state index contributed by atoms with van der Waals surface area (Å²) in [5.41, 5.74) is 6.42. The van der Waals surface area contributed by atoms with E-state index in [1.165, 1.54) is 11.3 Å². The summed E-state index contributed by atoms with van der Waals surface area (Å²) >= 11 is 1.43. The molecule has 0 aromatic carbocycles. The number of aryl methyl sites for hydroxylation is 1. The first-order chi connectivity index (χ1) is 10.5. The lowest BCUT2D eigenvalue weighted by atomic mass is 9.72. The zero-order valence-corrected chi connectivity index (χ0v) is 15.4. The van der Waals surface area contributed by atoms with Gasteiger partial charge in [0.25, 0.3) is 0 Å². The van der Waals surface area contributed by atoms with Gasteiger partial charge in [0.05, 0.1) is 17.6 Å². The Morgan fingerprint density at radius 1 is 1.41 bits per heavy atom. The van der Waals surface area contributed by atoms with E-state index in [2.05, 4.69) is 6.07 Å². The van der Waals surface area contributed by atoms with Crippen molar-refractivity contribution >= 4 is 22.3 Å². The van der Waals surface area contributed by atoms with E-state index in [-0.39, 0.29) is 5.97 Å². The van der Waals surface area contributed by atoms with Gasteiger partial charge in [-0.3, -0.25) is 4.79 Å². The number of ether oxygens (including phenoxy) is 1. The minimum Gasteiger partial charge on any atom is -0.465 e. The topological polar surface area (TPSA) is 76.1 Å². The van der Waals surface area contributed by atoms with Crippen LogP contribution in [-0.4, -0.2) is 12.6 Å². The number of carbonyl (C=O) groups is 1. The van der Waals surface area contributed by atoms with Crippen LogP contribution in [-0.2, 0) is 21.4 Å². The molecule has 4 nitrogen and oxygen atoms in total. The standard InChI is InChI=1S/C13H16N2O2S.2C2H6/c1-3-17-12(16)13(2)6-4-5-9-10(13)8(7-14)11(15)18-9;2*1-2/h3-6,15H2,1-2H3;2*1-2H3. The van der Waals surface area contributed by atoms with E-state index in [4.69, 9.17) is 10.5 Å². The molecule has 5 heteroatoms. The van der Waals surface area contributed by atoms with Crippen molar-refractivity contribution in [1.29, 1.82) is 5.26 Å². The quantitative estimate of drug-likeness (QED) is 0.817. The number of rotatable bonds is 2. The zero-order valence-electron chi connectivity index (χ0n) is 14.6. The van der Waals surface area contributed by atoms with Crippen LogP contribution < -0.4 is 5.73 Å². The normalized spacial score (nSPS) is 18.6. The molecule has 0 radical (unpaired) electrons. The Kier molecular flexibility index (Phi) is 8.81. The maximum absolute atomic E-state index is 12.2. The molecule has 0 aliphatic heterocycles. The van der Waals surface area contributed by atoms with Crippen molar-refractivity contribution in [3.05, 3.63) is 16.0 Å². The Balaban J connectivity index is 0.00000102. The number of nitriles is 1. The van der Waals surface area contributed by atoms with Crippen LogP contribution in [0.25, 0.3) is 0 Å². The van der Waals surface area contributed by atoms with E-state index in [1.54, 1.807) is 6.92 Å². The highest BCUT2D eigenvalue weighted by atomic mass is 32.1. The van der Waals surface area contributed by atoms with Gasteiger partial charge in [-0.05, 0) is 33.1 Å². The van der Waals surface area contributed by atoms with Crippen molar-refractivity contribution in [2.45, 2.75) is 66.2 Å². The summed E-state index contributed by atoms with van der Waals surface area (Å²) in [6.45, 7) is 12.0. The molecule has 1 aliphatic rings. The predicted molar refractivity (Wildman–Crippen MR) is 93.1 cm³/mol. The minimum atomic E-state index is -0.719. The molecule has 124 valence electrons. The second kappa shape index (κ2) is 9.47. The third kappa shape index (κ3) is 3.80. The van der Waals surface area contributed by atoms with Gasteiger partial charge in [-0.25, -0.2) is 0 Å². The first-order valence-electron chi connectivity index (χ1n) is 8.03. The van der Waals surface area contributed by atoms with Gasteiger partial charge in [0.15, 0.2) is 0 Å². The summed E-state index contributed by atoms with van der Waals surface area (Å²) < 4.78 is 5.17. The van der Waals surface area contributed by atoms with Crippen LogP contribution in [0.5, 0.6) is 0 Å². The Morgan fingerprint density at radius 2 is 2.00 bits per heavy atom. The number of fused-ring (bicyclic) bond motifs is 1. The monoisotopic (exact) mass is 324 g/mol. The number of hydrogen-bond acceptors (Lipinski definition) is 5. The van der Waals surface area contributed by atoms with Gasteiger partial charge in [0.1, 0.15) is 11.1 Å². The molecule has 0 saturated heterocycles. The van der Waals surface area contributed by atoms with Gasteiger partial charge in [-0.1, -0.05) is 27.7 Å². The Hall–Kier alpha value is -1.54. The van der Waals surface area contributed by atoms with Crippen molar-refractivity contribution in [3.63, 3.8) is 0 Å². The Morgan fingerprint density at radius 3 is 2.50 bits per heavy atom. The zero-order chi connectivity index (χ0) is 17.3. The van der Waals surface area contributed by atoms with Crippen LogP contribution in [0.15, 0.2) is 0 Å². The van der Waals surface area contributed by atoms with Crippen LogP contribution in [0, 0.1) is 11.3 Å². The molecule has 0 amide bonds. The average molecular weight is 324 g/mol. The molecular formula is C17H28N2O2S. The van der Waals surface area contributed by atoms with Gasteiger partial charge in [-0.15, -0.1) is 11.3 Å². The minimum absolute atomic E-state index is 0.250. The fourth-order valence-corrected chi connectivity index (χ4v) is 3.78. The number of anilines is 1. The van der Waals surface area contributed by atoms with Crippen molar-refractivity contribution in [3.8, 4) is 6.07 Å². The Bertz CT molecular complexity index is 531. The lowest BCUT2D eigenvalue weighted by Gasteiger charge is -2.31. The fourth-order valence-electron chi connectivity index (χ4n) is 2.59. The second-order valence-electron chi connectivity index (χ2n) is 4.66. The molecule has 0 bridgehead atoms. The maximum Gasteiger partial charge on any atom is 0.316 e. The first kappa shape index (κ1) is 20.5. The van der Waals surface area contributed by atoms with Crippen LogP contribution in [0.3, 0.4) is 0 Å². The van der Waals surface area contributed by atoms with E-state index < -0.39 is 5.41 Å². The summed E-state index contributed by atoms with van der Waals surface area (Å²) in [4.78, 5) is 13.3. The number of nitrogen functional groups attached to an aromatic ring is 1. The first-order valence-corrected chi connectivity index (χ1v) is 8.85. The Labute approximate surface area is 138 Å². The summed E-state index contributed by atoms with van der Waals surface area (Å²) in [5.74, 6) is -0.250. The highest BCUT2D eigenvalue weighted by Gasteiger charge is 2.44. The molecule has 1 aromatic heterocycles. The van der Waals surface area contributed by atoms with E-state index in [9.17, 15) is 10.1 Å². The van der Waals surface area contributed by atoms with E-state index in [0.717, 1.165) is 23.3 Å². The average Bonchev–Trinajstić information content (AvgIpc) is 2.88. The third-order valence-electron chi connectivity index (χ3n) is 3.48. The van der Waals surface area contributed by atoms with Gasteiger partial charge in [-0.2, -0.15) is 5.26 Å². The molecular weight excluding hydrogens is 296 g/mol. The molecule has 2 N–H and O–H groups in total. The molecule has 1 aromatic rings. The lowest BCUT2D eigenvalue weighted by molar-refractivity contribution is -0.150. The van der Waals surface area contributed by atoms with Crippen LogP contribution in [0.4, 0.5) is 5.00 Å². The van der Waals surface area contributed by atoms with E-state index in [1.807, 2.05) is 34.6 Å². The van der Waals surface area contributed by atoms with Gasteiger partial charge in [0, 0.05) is 10.4 Å². The van der Waals surface area contributed by atoms with Crippen molar-refractivity contribution in [2.24, 2.45) is 0 Å². The van der Waals surface area contributed by atoms with Crippen molar-refractivity contribution < 1.29 is 9.53 Å². The van der Waals surface area contributed by atoms with E-state index >= 15 is 0 Å². The number of hydrogen-bond donors (Lipinski definition) is 1. The highest BCUT2D eigenvalue weighted by molar-refractivity contribution is 7.16. The lowest BCUT2D eigenvalue weighted by Crippen LogP contribution is -2.37. The summed E-state index contributed by atoms with van der Waals surface area (Å²) in [6.07, 6.45) is 2.53. The highest BCUT2D eigenvalue weighted by Crippen LogP contribution is 2.46. The number of nitrogens with zero attached hydrogens (tertiary/aromatic N) is 1. The molecule has 1 heterocycles. The van der Waals surface area contributed by atoms with E-state index in [0.29, 0.717) is 23.6 Å². The maximum atomic E-state index is 12.2. The molecule has 0 spiro atoms. The van der Waals surface area contributed by atoms with Gasteiger partial charge < -0.3 is 10.5 Å². The summed E-state index contributed by atoms with van der Waals surface area (Å²) in [7, 11) is 0. The van der Waals surface area contributed by atoms with Crippen LogP contribution in [0.1, 0.15) is 70.4 Å². The van der Waals surface area contributed by atoms with Crippen molar-refractivity contribution in [1.82, 2.24) is 0 Å². The molecule has 0 fully saturated rings. The van der Waals surface area contributed by atoms with Crippen molar-refractivity contribution in [2.75, 3.05) is 12.3 Å². The smallest absolute Gasteiger partial charge is 0.316 e. The molecule has 2 rings (SSSR count). The molecule has 0 saturated carbocycles. The number of nitrogens with two attached hydrogens (primary N) is 1. The van der Waals surface area contributed by atoms with Gasteiger partial charge in [0.2, 0.25) is 0 Å². The summed E-state index contributed by atoms with van der Waals surface area (Å²) in [6, 6.07) is 2.13. The fraction of sp³-hybridized carbons (Fsp3) is 0.647. The van der Waals surface area contributed by atoms with Gasteiger partial charge >= 0.3 is 5.97 Å². The second-order valence-corrected chi connectivity index (χ2v) is 5.79. The number of thiophene rings is 1. The summed E-state index contributed by atoms with van der Waals surface area (Å²) in [5, 5.41) is 9.75. The number of carbonyl (C=O) groups excluding carboxylic acids is 1. The molecule has 1 aliphatic carbocycles. The SMILES string of the molecule is CC.CC.CCOC(=O)C1(C)CCCc2sc(N)c(C#N)c21. The predicted octanol–water partition coefficient (Wildman–Crippen LogP) is 4.41.